The Morgan fingerprint density at radius 1 is 0.795 bits per heavy atom. The van der Waals surface area contributed by atoms with Crippen LogP contribution in [0.5, 0.6) is 0 Å². The molecule has 2 aliphatic heterocycles. The van der Waals surface area contributed by atoms with Gasteiger partial charge in [0, 0.05) is 57.3 Å². The molecule has 9 nitrogen and oxygen atoms in total. The fourth-order valence-corrected chi connectivity index (χ4v) is 6.05. The molecule has 238 valence electrons. The molecule has 2 saturated heterocycles. The second-order valence-electron chi connectivity index (χ2n) is 13.6. The van der Waals surface area contributed by atoms with E-state index in [9.17, 15) is 23.2 Å². The third kappa shape index (κ3) is 7.78. The smallest absolute Gasteiger partial charge is 0.412 e. The molecular formula is C33H43F2N5O4. The van der Waals surface area contributed by atoms with E-state index in [4.69, 9.17) is 4.74 Å². The molecule has 1 saturated carbocycles. The van der Waals surface area contributed by atoms with Gasteiger partial charge in [0.25, 0.3) is 11.8 Å². The summed E-state index contributed by atoms with van der Waals surface area (Å²) in [4.78, 5) is 43.0. The first-order chi connectivity index (χ1) is 20.6. The minimum absolute atomic E-state index is 0.210. The third-order valence-electron chi connectivity index (χ3n) is 8.63. The summed E-state index contributed by atoms with van der Waals surface area (Å²) in [5.41, 5.74) is 3.46. The summed E-state index contributed by atoms with van der Waals surface area (Å²) in [6, 6.07) is 8.88. The lowest BCUT2D eigenvalue weighted by molar-refractivity contribution is -0.114. The highest BCUT2D eigenvalue weighted by Gasteiger charge is 2.45. The van der Waals surface area contributed by atoms with Crippen LogP contribution in [-0.2, 0) is 9.53 Å². The molecule has 2 heterocycles. The van der Waals surface area contributed by atoms with Crippen molar-refractivity contribution in [1.82, 2.24) is 0 Å². The average Bonchev–Trinajstić information content (AvgIpc) is 3.66. The number of rotatable bonds is 6. The fourth-order valence-electron chi connectivity index (χ4n) is 6.05. The molecule has 2 aromatic rings. The molecule has 44 heavy (non-hydrogen) atoms. The fraction of sp³-hybridized carbons (Fsp3) is 0.545. The SMILES string of the molecule is CC(=O)Nc1cc(C(=O)Nc2cc(C)cc(N3CCC(F)(F)CC3)c2)c(N2CCC3(CC2)CC3)cc1NC(=O)OC(C)(C)C. The molecule has 3 N–H and O–H groups in total. The highest BCUT2D eigenvalue weighted by Crippen LogP contribution is 2.54. The average molecular weight is 612 g/mol. The maximum atomic E-state index is 14.0. The molecule has 3 amide bonds. The van der Waals surface area contributed by atoms with Gasteiger partial charge in [0.05, 0.1) is 22.6 Å². The molecule has 0 aromatic heterocycles. The molecule has 1 aliphatic carbocycles. The Morgan fingerprint density at radius 2 is 1.41 bits per heavy atom. The topological polar surface area (TPSA) is 103 Å². The lowest BCUT2D eigenvalue weighted by atomic mass is 9.92. The Balaban J connectivity index is 1.47. The predicted octanol–water partition coefficient (Wildman–Crippen LogP) is 7.17. The zero-order valence-electron chi connectivity index (χ0n) is 26.2. The Hall–Kier alpha value is -3.89. The van der Waals surface area contributed by atoms with Crippen LogP contribution < -0.4 is 25.8 Å². The number of nitrogens with zero attached hydrogens (tertiary/aromatic N) is 2. The third-order valence-corrected chi connectivity index (χ3v) is 8.63. The van der Waals surface area contributed by atoms with Crippen molar-refractivity contribution in [2.75, 3.05) is 51.9 Å². The van der Waals surface area contributed by atoms with Crippen molar-refractivity contribution in [2.24, 2.45) is 5.41 Å². The van der Waals surface area contributed by atoms with Gasteiger partial charge < -0.3 is 25.2 Å². The number of anilines is 5. The Morgan fingerprint density at radius 3 is 2.00 bits per heavy atom. The number of amides is 3. The zero-order chi connectivity index (χ0) is 31.9. The second-order valence-corrected chi connectivity index (χ2v) is 13.6. The van der Waals surface area contributed by atoms with Crippen molar-refractivity contribution in [2.45, 2.75) is 84.7 Å². The van der Waals surface area contributed by atoms with Crippen LogP contribution in [0, 0.1) is 12.3 Å². The molecule has 0 atom stereocenters. The predicted molar refractivity (Wildman–Crippen MR) is 169 cm³/mol. The Bertz CT molecular complexity index is 1430. The van der Waals surface area contributed by atoms with E-state index >= 15 is 0 Å². The monoisotopic (exact) mass is 611 g/mol. The van der Waals surface area contributed by atoms with Crippen molar-refractivity contribution in [1.29, 1.82) is 0 Å². The number of aryl methyl sites for hydroxylation is 1. The van der Waals surface area contributed by atoms with E-state index in [-0.39, 0.29) is 43.4 Å². The normalized spacial score (nSPS) is 18.9. The molecule has 5 rings (SSSR count). The van der Waals surface area contributed by atoms with Crippen molar-refractivity contribution in [3.05, 3.63) is 41.5 Å². The van der Waals surface area contributed by atoms with Gasteiger partial charge in [0.15, 0.2) is 0 Å². The number of halogens is 2. The molecule has 0 unspecified atom stereocenters. The highest BCUT2D eigenvalue weighted by atomic mass is 19.3. The Kier molecular flexibility index (Phi) is 8.52. The molecule has 0 radical (unpaired) electrons. The van der Waals surface area contributed by atoms with E-state index < -0.39 is 17.6 Å². The minimum Gasteiger partial charge on any atom is -0.444 e. The van der Waals surface area contributed by atoms with Gasteiger partial charge in [-0.1, -0.05) is 0 Å². The summed E-state index contributed by atoms with van der Waals surface area (Å²) >= 11 is 0. The zero-order valence-corrected chi connectivity index (χ0v) is 26.2. The quantitative estimate of drug-likeness (QED) is 0.320. The summed E-state index contributed by atoms with van der Waals surface area (Å²) in [6.45, 7) is 10.5. The summed E-state index contributed by atoms with van der Waals surface area (Å²) in [5, 5.41) is 8.52. The first kappa shape index (κ1) is 31.5. The molecule has 3 fully saturated rings. The van der Waals surface area contributed by atoms with E-state index in [1.165, 1.54) is 19.8 Å². The van der Waals surface area contributed by atoms with Gasteiger partial charge in [-0.05, 0) is 94.7 Å². The van der Waals surface area contributed by atoms with E-state index in [0.29, 0.717) is 28.0 Å². The molecule has 11 heteroatoms. The van der Waals surface area contributed by atoms with Crippen LogP contribution in [0.15, 0.2) is 30.3 Å². The van der Waals surface area contributed by atoms with Crippen LogP contribution in [0.25, 0.3) is 0 Å². The van der Waals surface area contributed by atoms with Crippen LogP contribution >= 0.6 is 0 Å². The van der Waals surface area contributed by atoms with Crippen LogP contribution in [0.2, 0.25) is 0 Å². The number of ether oxygens (including phenoxy) is 1. The van der Waals surface area contributed by atoms with Crippen LogP contribution in [-0.4, -0.2) is 55.6 Å². The van der Waals surface area contributed by atoms with Gasteiger partial charge >= 0.3 is 6.09 Å². The lowest BCUT2D eigenvalue weighted by Crippen LogP contribution is -2.39. The Labute approximate surface area is 257 Å². The molecule has 1 spiro atoms. The van der Waals surface area contributed by atoms with Gasteiger partial charge in [0.2, 0.25) is 5.91 Å². The van der Waals surface area contributed by atoms with Crippen molar-refractivity contribution >= 4 is 46.3 Å². The highest BCUT2D eigenvalue weighted by molar-refractivity contribution is 6.11. The summed E-state index contributed by atoms with van der Waals surface area (Å²) in [6.07, 6.45) is 3.40. The lowest BCUT2D eigenvalue weighted by Gasteiger charge is -2.35. The van der Waals surface area contributed by atoms with Gasteiger partial charge in [-0.3, -0.25) is 14.9 Å². The molecular weight excluding hydrogens is 568 g/mol. The number of benzene rings is 2. The largest absolute Gasteiger partial charge is 0.444 e. The van der Waals surface area contributed by atoms with E-state index in [0.717, 1.165) is 37.2 Å². The van der Waals surface area contributed by atoms with Crippen LogP contribution in [0.1, 0.15) is 82.1 Å². The standard InChI is InChI=1S/C33H43F2N5O4/c1-21-16-23(18-24(17-21)39-14-10-33(34,35)11-15-39)37-29(42)25-19-26(36-22(2)41)27(38-30(43)44-31(3,4)5)20-28(25)40-12-8-32(6-7-32)9-13-40/h16-20H,6-15H2,1-5H3,(H,36,41)(H,37,42)(H,38,43). The second kappa shape index (κ2) is 11.9. The first-order valence-corrected chi connectivity index (χ1v) is 15.4. The minimum atomic E-state index is -2.66. The van der Waals surface area contributed by atoms with Gasteiger partial charge in [-0.2, -0.15) is 0 Å². The van der Waals surface area contributed by atoms with E-state index in [1.54, 1.807) is 39.0 Å². The van der Waals surface area contributed by atoms with Gasteiger partial charge in [0.1, 0.15) is 5.60 Å². The molecule has 3 aliphatic rings. The van der Waals surface area contributed by atoms with Crippen molar-refractivity contribution in [3.63, 3.8) is 0 Å². The number of piperidine rings is 2. The van der Waals surface area contributed by atoms with Crippen LogP contribution in [0.4, 0.5) is 42.0 Å². The summed E-state index contributed by atoms with van der Waals surface area (Å²) in [5.74, 6) is -3.40. The van der Waals surface area contributed by atoms with Crippen LogP contribution in [0.3, 0.4) is 0 Å². The number of nitrogens with one attached hydrogen (secondary N) is 3. The summed E-state index contributed by atoms with van der Waals surface area (Å²) in [7, 11) is 0. The maximum absolute atomic E-state index is 14.0. The number of carbonyl (C=O) groups excluding carboxylic acids is 3. The molecule has 0 bridgehead atoms. The summed E-state index contributed by atoms with van der Waals surface area (Å²) < 4.78 is 33.0. The van der Waals surface area contributed by atoms with Gasteiger partial charge in [-0.25, -0.2) is 13.6 Å². The number of carbonyl (C=O) groups is 3. The van der Waals surface area contributed by atoms with Gasteiger partial charge in [-0.15, -0.1) is 0 Å². The maximum Gasteiger partial charge on any atom is 0.412 e. The van der Waals surface area contributed by atoms with E-state index in [1.807, 2.05) is 24.0 Å². The van der Waals surface area contributed by atoms with Crippen molar-refractivity contribution in [3.8, 4) is 0 Å². The van der Waals surface area contributed by atoms with E-state index in [2.05, 4.69) is 20.9 Å². The number of hydrogen-bond donors (Lipinski definition) is 3. The number of alkyl halides is 2. The molecule has 2 aromatic carbocycles. The number of hydrogen-bond acceptors (Lipinski definition) is 6. The van der Waals surface area contributed by atoms with Crippen molar-refractivity contribution < 1.29 is 27.9 Å². The first-order valence-electron chi connectivity index (χ1n) is 15.4.